The van der Waals surface area contributed by atoms with Gasteiger partial charge in [0.25, 0.3) is 0 Å². The van der Waals surface area contributed by atoms with E-state index in [1.165, 1.54) is 7.11 Å². The number of carbonyl (C=O) groups is 3. The molecule has 7 heteroatoms. The van der Waals surface area contributed by atoms with Gasteiger partial charge in [-0.2, -0.15) is 0 Å². The molecule has 6 nitrogen and oxygen atoms in total. The van der Waals surface area contributed by atoms with Crippen molar-refractivity contribution in [2.24, 2.45) is 11.8 Å². The Balaban J connectivity index is 2.17. The molecule has 3 atom stereocenters. The third kappa shape index (κ3) is 5.24. The van der Waals surface area contributed by atoms with Gasteiger partial charge < -0.3 is 15.2 Å². The average molecular weight is 379 g/mol. The lowest BCUT2D eigenvalue weighted by atomic mass is 9.78. The highest BCUT2D eigenvalue weighted by molar-refractivity contribution is 7.98. The van der Waals surface area contributed by atoms with E-state index in [9.17, 15) is 19.5 Å². The first-order valence-electron chi connectivity index (χ1n) is 8.70. The molecule has 2 rings (SSSR count). The van der Waals surface area contributed by atoms with E-state index in [2.05, 4.69) is 5.32 Å². The van der Waals surface area contributed by atoms with E-state index in [1.807, 2.05) is 30.5 Å². The summed E-state index contributed by atoms with van der Waals surface area (Å²) >= 11 is 1.60. The molecule has 0 unspecified atom stereocenters. The van der Waals surface area contributed by atoms with Gasteiger partial charge in [0.15, 0.2) is 0 Å². The monoisotopic (exact) mass is 379 g/mol. The van der Waals surface area contributed by atoms with Crippen molar-refractivity contribution < 1.29 is 24.2 Å². The Morgan fingerprint density at radius 1 is 1.19 bits per heavy atom. The molecule has 0 heterocycles. The molecular formula is C19H25NO5S. The molecule has 1 aliphatic rings. The number of hydrogen-bond donors (Lipinski definition) is 2. The van der Waals surface area contributed by atoms with Crippen LogP contribution in [0.5, 0.6) is 0 Å². The number of nitrogens with one attached hydrogen (secondary N) is 1. The molecule has 1 aromatic carbocycles. The zero-order valence-electron chi connectivity index (χ0n) is 15.1. The predicted octanol–water partition coefficient (Wildman–Crippen LogP) is 3.02. The van der Waals surface area contributed by atoms with Gasteiger partial charge >= 0.3 is 11.9 Å². The second-order valence-corrected chi connectivity index (χ2v) is 7.33. The third-order valence-corrected chi connectivity index (χ3v) is 5.60. The third-order valence-electron chi connectivity index (χ3n) is 4.85. The normalized spacial score (nSPS) is 20.8. The van der Waals surface area contributed by atoms with Gasteiger partial charge in [0.05, 0.1) is 31.4 Å². The number of ether oxygens (including phenoxy) is 1. The van der Waals surface area contributed by atoms with Gasteiger partial charge in [-0.15, -0.1) is 11.8 Å². The quantitative estimate of drug-likeness (QED) is 0.559. The summed E-state index contributed by atoms with van der Waals surface area (Å²) in [6, 6.07) is 7.06. The summed E-state index contributed by atoms with van der Waals surface area (Å²) in [5.41, 5.74) is 0.796. The maximum Gasteiger partial charge on any atom is 0.307 e. The number of amides is 1. The van der Waals surface area contributed by atoms with Crippen LogP contribution in [0.1, 0.15) is 43.7 Å². The maximum atomic E-state index is 12.8. The van der Waals surface area contributed by atoms with E-state index >= 15 is 0 Å². The van der Waals surface area contributed by atoms with Crippen molar-refractivity contribution in [2.75, 3.05) is 13.4 Å². The van der Waals surface area contributed by atoms with Crippen molar-refractivity contribution >= 4 is 29.6 Å². The molecule has 0 saturated heterocycles. The molecule has 1 fully saturated rings. The lowest BCUT2D eigenvalue weighted by molar-refractivity contribution is -0.149. The molecule has 1 aromatic rings. The van der Waals surface area contributed by atoms with Crippen LogP contribution < -0.4 is 5.32 Å². The average Bonchev–Trinajstić information content (AvgIpc) is 2.67. The first kappa shape index (κ1) is 20.3. The molecule has 0 spiro atoms. The predicted molar refractivity (Wildman–Crippen MR) is 98.8 cm³/mol. The minimum Gasteiger partial charge on any atom is -0.481 e. The van der Waals surface area contributed by atoms with Gasteiger partial charge in [-0.1, -0.05) is 25.0 Å². The van der Waals surface area contributed by atoms with Crippen LogP contribution in [-0.4, -0.2) is 36.3 Å². The number of carbonyl (C=O) groups excluding carboxylic acids is 2. The van der Waals surface area contributed by atoms with Gasteiger partial charge in [-0.05, 0) is 36.8 Å². The highest BCUT2D eigenvalue weighted by Crippen LogP contribution is 2.31. The molecule has 0 aromatic heterocycles. The molecule has 2 N–H and O–H groups in total. The molecule has 1 aliphatic carbocycles. The molecule has 1 amide bonds. The largest absolute Gasteiger partial charge is 0.481 e. The number of benzene rings is 1. The number of carboxylic acids is 1. The summed E-state index contributed by atoms with van der Waals surface area (Å²) in [6.07, 6.45) is 4.70. The van der Waals surface area contributed by atoms with Gasteiger partial charge in [-0.25, -0.2) is 0 Å². The Kier molecular flexibility index (Phi) is 7.50. The van der Waals surface area contributed by atoms with Crippen LogP contribution in [0.25, 0.3) is 0 Å². The summed E-state index contributed by atoms with van der Waals surface area (Å²) in [4.78, 5) is 37.1. The van der Waals surface area contributed by atoms with Crippen LogP contribution in [0.3, 0.4) is 0 Å². The fourth-order valence-corrected chi connectivity index (χ4v) is 3.77. The molecule has 26 heavy (non-hydrogen) atoms. The Morgan fingerprint density at radius 2 is 1.81 bits per heavy atom. The fourth-order valence-electron chi connectivity index (χ4n) is 3.36. The van der Waals surface area contributed by atoms with Crippen molar-refractivity contribution in [3.05, 3.63) is 29.8 Å². The van der Waals surface area contributed by atoms with Gasteiger partial charge in [0.1, 0.15) is 0 Å². The number of carboxylic acid groups (broad SMARTS) is 1. The van der Waals surface area contributed by atoms with Gasteiger partial charge in [-0.3, -0.25) is 14.4 Å². The Labute approximate surface area is 157 Å². The Hall–Kier alpha value is -2.02. The van der Waals surface area contributed by atoms with Crippen LogP contribution >= 0.6 is 11.8 Å². The highest BCUT2D eigenvalue weighted by atomic mass is 32.2. The first-order chi connectivity index (χ1) is 12.5. The van der Waals surface area contributed by atoms with Crippen LogP contribution in [0.4, 0.5) is 0 Å². The van der Waals surface area contributed by atoms with E-state index in [-0.39, 0.29) is 12.3 Å². The number of rotatable bonds is 7. The van der Waals surface area contributed by atoms with Crippen LogP contribution in [0.15, 0.2) is 29.2 Å². The smallest absolute Gasteiger partial charge is 0.307 e. The second-order valence-electron chi connectivity index (χ2n) is 6.45. The molecule has 0 aliphatic heterocycles. The van der Waals surface area contributed by atoms with E-state index in [0.717, 1.165) is 23.3 Å². The van der Waals surface area contributed by atoms with Crippen LogP contribution in [0, 0.1) is 11.8 Å². The van der Waals surface area contributed by atoms with Crippen molar-refractivity contribution in [1.29, 1.82) is 0 Å². The maximum absolute atomic E-state index is 12.8. The zero-order chi connectivity index (χ0) is 19.1. The van der Waals surface area contributed by atoms with Crippen LogP contribution in [-0.2, 0) is 19.1 Å². The fraction of sp³-hybridized carbons (Fsp3) is 0.526. The number of esters is 1. The number of methoxy groups -OCH3 is 1. The topological polar surface area (TPSA) is 92.7 Å². The Bertz CT molecular complexity index is 646. The highest BCUT2D eigenvalue weighted by Gasteiger charge is 2.36. The van der Waals surface area contributed by atoms with Crippen molar-refractivity contribution in [2.45, 2.75) is 43.0 Å². The van der Waals surface area contributed by atoms with E-state index in [4.69, 9.17) is 4.74 Å². The molecule has 1 saturated carbocycles. The summed E-state index contributed by atoms with van der Waals surface area (Å²) in [7, 11) is 1.31. The zero-order valence-corrected chi connectivity index (χ0v) is 15.9. The molecular weight excluding hydrogens is 354 g/mol. The van der Waals surface area contributed by atoms with Crippen molar-refractivity contribution in [3.63, 3.8) is 0 Å². The number of hydrogen-bond acceptors (Lipinski definition) is 5. The Morgan fingerprint density at radius 3 is 2.35 bits per heavy atom. The lowest BCUT2D eigenvalue weighted by Gasteiger charge is -2.29. The number of thioether (sulfide) groups is 1. The minimum atomic E-state index is -0.932. The molecule has 0 bridgehead atoms. The second kappa shape index (κ2) is 9.62. The lowest BCUT2D eigenvalue weighted by Crippen LogP contribution is -2.41. The minimum absolute atomic E-state index is 0.00527. The van der Waals surface area contributed by atoms with Crippen molar-refractivity contribution in [3.8, 4) is 0 Å². The standard InChI is InChI=1S/C19H25NO5S/c1-25-17(21)11-16(12-7-9-13(26-2)10-8-12)20-18(22)14-5-3-4-6-15(14)19(23)24/h7-10,14-16H,3-6,11H2,1-2H3,(H,20,22)(H,23,24)/t14-,15+,16-/m1/s1. The molecule has 0 radical (unpaired) electrons. The summed E-state index contributed by atoms with van der Waals surface area (Å²) in [5, 5.41) is 12.3. The SMILES string of the molecule is COC(=O)C[C@@H](NC(=O)[C@@H]1CCCC[C@@H]1C(=O)O)c1ccc(SC)cc1. The summed E-state index contributed by atoms with van der Waals surface area (Å²) in [5.74, 6) is -2.89. The van der Waals surface area contributed by atoms with Gasteiger partial charge in [0, 0.05) is 4.90 Å². The van der Waals surface area contributed by atoms with Crippen molar-refractivity contribution in [1.82, 2.24) is 5.32 Å². The van der Waals surface area contributed by atoms with Crippen LogP contribution in [0.2, 0.25) is 0 Å². The summed E-state index contributed by atoms with van der Waals surface area (Å²) in [6.45, 7) is 0. The summed E-state index contributed by atoms with van der Waals surface area (Å²) < 4.78 is 4.75. The van der Waals surface area contributed by atoms with E-state index < -0.39 is 29.8 Å². The first-order valence-corrected chi connectivity index (χ1v) is 9.92. The number of aliphatic carboxylic acids is 1. The van der Waals surface area contributed by atoms with E-state index in [1.54, 1.807) is 11.8 Å². The van der Waals surface area contributed by atoms with E-state index in [0.29, 0.717) is 12.8 Å². The van der Waals surface area contributed by atoms with Gasteiger partial charge in [0.2, 0.25) is 5.91 Å². The molecule has 142 valence electrons.